The van der Waals surface area contributed by atoms with Crippen molar-refractivity contribution in [2.24, 2.45) is 0 Å². The maximum Gasteiger partial charge on any atom is 0.166 e. The highest BCUT2D eigenvalue weighted by Crippen LogP contribution is 2.20. The van der Waals surface area contributed by atoms with Crippen molar-refractivity contribution in [3.63, 3.8) is 0 Å². The van der Waals surface area contributed by atoms with Gasteiger partial charge in [-0.1, -0.05) is 18.2 Å². The first kappa shape index (κ1) is 14.6. The van der Waals surface area contributed by atoms with Crippen LogP contribution in [0.1, 0.15) is 6.42 Å². The number of thioether (sulfide) groups is 1. The molecule has 0 spiro atoms. The van der Waals surface area contributed by atoms with Gasteiger partial charge in [0.2, 0.25) is 0 Å². The van der Waals surface area contributed by atoms with E-state index in [1.54, 1.807) is 6.07 Å². The monoisotopic (exact) mass is 311 g/mol. The van der Waals surface area contributed by atoms with Gasteiger partial charge < -0.3 is 11.1 Å². The van der Waals surface area contributed by atoms with E-state index in [4.69, 9.17) is 5.73 Å². The molecule has 0 unspecified atom stereocenters. The molecule has 5 nitrogen and oxygen atoms in total. The number of rotatable bonds is 6. The SMILES string of the molecule is Nc1ccc2c(NCCCSc3ccccc3)ncnc2n1. The Hall–Kier alpha value is -2.34. The summed E-state index contributed by atoms with van der Waals surface area (Å²) in [6.45, 7) is 0.857. The summed E-state index contributed by atoms with van der Waals surface area (Å²) in [4.78, 5) is 13.9. The zero-order chi connectivity index (χ0) is 15.2. The molecule has 2 aromatic heterocycles. The third-order valence-electron chi connectivity index (χ3n) is 3.14. The first-order valence-corrected chi connectivity index (χ1v) is 8.10. The Morgan fingerprint density at radius 3 is 2.77 bits per heavy atom. The van der Waals surface area contributed by atoms with E-state index >= 15 is 0 Å². The molecule has 6 heteroatoms. The van der Waals surface area contributed by atoms with E-state index in [0.29, 0.717) is 11.5 Å². The lowest BCUT2D eigenvalue weighted by Crippen LogP contribution is -2.06. The number of hydrogen-bond donors (Lipinski definition) is 2. The van der Waals surface area contributed by atoms with Gasteiger partial charge in [-0.05, 0) is 36.4 Å². The molecule has 0 saturated carbocycles. The highest BCUT2D eigenvalue weighted by molar-refractivity contribution is 7.99. The Morgan fingerprint density at radius 2 is 1.91 bits per heavy atom. The molecule has 3 N–H and O–H groups in total. The van der Waals surface area contributed by atoms with Gasteiger partial charge in [-0.25, -0.2) is 15.0 Å². The summed E-state index contributed by atoms with van der Waals surface area (Å²) >= 11 is 1.86. The number of benzene rings is 1. The fourth-order valence-electron chi connectivity index (χ4n) is 2.08. The van der Waals surface area contributed by atoms with E-state index in [9.17, 15) is 0 Å². The maximum atomic E-state index is 5.67. The van der Waals surface area contributed by atoms with Crippen molar-refractivity contribution in [3.8, 4) is 0 Å². The summed E-state index contributed by atoms with van der Waals surface area (Å²) in [6.07, 6.45) is 2.56. The van der Waals surface area contributed by atoms with Crippen molar-refractivity contribution in [3.05, 3.63) is 48.8 Å². The molecule has 0 aliphatic carbocycles. The predicted octanol–water partition coefficient (Wildman–Crippen LogP) is 3.20. The summed E-state index contributed by atoms with van der Waals surface area (Å²) in [5.41, 5.74) is 6.30. The van der Waals surface area contributed by atoms with Gasteiger partial charge in [-0.15, -0.1) is 11.8 Å². The third kappa shape index (κ3) is 3.65. The van der Waals surface area contributed by atoms with Crippen molar-refractivity contribution in [1.82, 2.24) is 15.0 Å². The molecule has 0 atom stereocenters. The molecule has 0 fully saturated rings. The Morgan fingerprint density at radius 1 is 1.05 bits per heavy atom. The summed E-state index contributed by atoms with van der Waals surface area (Å²) in [7, 11) is 0. The number of anilines is 2. The van der Waals surface area contributed by atoms with Crippen LogP contribution in [0.3, 0.4) is 0 Å². The quantitative estimate of drug-likeness (QED) is 0.538. The van der Waals surface area contributed by atoms with Crippen LogP contribution in [0, 0.1) is 0 Å². The van der Waals surface area contributed by atoms with Gasteiger partial charge in [0.1, 0.15) is 18.0 Å². The van der Waals surface area contributed by atoms with Gasteiger partial charge >= 0.3 is 0 Å². The summed E-state index contributed by atoms with van der Waals surface area (Å²) in [5.74, 6) is 2.34. The molecule has 22 heavy (non-hydrogen) atoms. The number of nitrogens with zero attached hydrogens (tertiary/aromatic N) is 3. The standard InChI is InChI=1S/C16H17N5S/c17-14-8-7-13-15(19-11-20-16(13)21-14)18-9-4-10-22-12-5-2-1-3-6-12/h1-3,5-8,11H,4,9-10H2,(H3,17,18,19,20,21). The molecule has 0 aliphatic rings. The lowest BCUT2D eigenvalue weighted by molar-refractivity contribution is 0.979. The Balaban J connectivity index is 1.54. The van der Waals surface area contributed by atoms with Crippen molar-refractivity contribution in [2.45, 2.75) is 11.3 Å². The minimum absolute atomic E-state index is 0.469. The van der Waals surface area contributed by atoms with E-state index in [1.165, 1.54) is 11.2 Å². The Labute approximate surface area is 133 Å². The van der Waals surface area contributed by atoms with Crippen molar-refractivity contribution >= 4 is 34.4 Å². The molecule has 0 aliphatic heterocycles. The number of fused-ring (bicyclic) bond motifs is 1. The largest absolute Gasteiger partial charge is 0.384 e. The van der Waals surface area contributed by atoms with Crippen LogP contribution >= 0.6 is 11.8 Å². The normalized spacial score (nSPS) is 10.7. The Bertz CT molecular complexity index is 748. The second-order valence-electron chi connectivity index (χ2n) is 4.77. The van der Waals surface area contributed by atoms with E-state index in [2.05, 4.69) is 44.5 Å². The number of nitrogen functional groups attached to an aromatic ring is 1. The topological polar surface area (TPSA) is 76.7 Å². The van der Waals surface area contributed by atoms with Gasteiger partial charge in [0.15, 0.2) is 5.65 Å². The minimum atomic E-state index is 0.469. The second kappa shape index (κ2) is 7.09. The lowest BCUT2D eigenvalue weighted by atomic mass is 10.3. The molecular weight excluding hydrogens is 294 g/mol. The first-order valence-electron chi connectivity index (χ1n) is 7.12. The van der Waals surface area contributed by atoms with Crippen LogP contribution in [0.4, 0.5) is 11.6 Å². The molecule has 0 bridgehead atoms. The summed E-state index contributed by atoms with van der Waals surface area (Å²) < 4.78 is 0. The average Bonchev–Trinajstić information content (AvgIpc) is 2.55. The smallest absolute Gasteiger partial charge is 0.166 e. The van der Waals surface area contributed by atoms with Crippen LogP contribution in [-0.2, 0) is 0 Å². The van der Waals surface area contributed by atoms with E-state index in [1.807, 2.05) is 23.9 Å². The molecule has 112 valence electrons. The van der Waals surface area contributed by atoms with Crippen LogP contribution in [0.5, 0.6) is 0 Å². The summed E-state index contributed by atoms with van der Waals surface area (Å²) in [5, 5.41) is 4.24. The van der Waals surface area contributed by atoms with Crippen molar-refractivity contribution < 1.29 is 0 Å². The predicted molar refractivity (Wildman–Crippen MR) is 92.0 cm³/mol. The van der Waals surface area contributed by atoms with Crippen molar-refractivity contribution in [2.75, 3.05) is 23.3 Å². The molecular formula is C16H17N5S. The van der Waals surface area contributed by atoms with E-state index in [0.717, 1.165) is 29.9 Å². The number of nitrogens with one attached hydrogen (secondary N) is 1. The highest BCUT2D eigenvalue weighted by atomic mass is 32.2. The van der Waals surface area contributed by atoms with Crippen LogP contribution in [-0.4, -0.2) is 27.2 Å². The molecule has 0 saturated heterocycles. The number of nitrogens with two attached hydrogens (primary N) is 1. The fraction of sp³-hybridized carbons (Fsp3) is 0.188. The fourth-order valence-corrected chi connectivity index (χ4v) is 2.96. The van der Waals surface area contributed by atoms with Crippen molar-refractivity contribution in [1.29, 1.82) is 0 Å². The van der Waals surface area contributed by atoms with Crippen LogP contribution < -0.4 is 11.1 Å². The van der Waals surface area contributed by atoms with Gasteiger partial charge in [0.25, 0.3) is 0 Å². The van der Waals surface area contributed by atoms with Gasteiger partial charge in [-0.3, -0.25) is 0 Å². The number of pyridine rings is 1. The highest BCUT2D eigenvalue weighted by Gasteiger charge is 2.04. The van der Waals surface area contributed by atoms with Gasteiger partial charge in [0.05, 0.1) is 5.39 Å². The van der Waals surface area contributed by atoms with E-state index < -0.39 is 0 Å². The molecule has 3 aromatic rings. The van der Waals surface area contributed by atoms with Gasteiger partial charge in [0, 0.05) is 11.4 Å². The minimum Gasteiger partial charge on any atom is -0.384 e. The zero-order valence-electron chi connectivity index (χ0n) is 12.1. The second-order valence-corrected chi connectivity index (χ2v) is 5.94. The van der Waals surface area contributed by atoms with Crippen LogP contribution in [0.2, 0.25) is 0 Å². The molecule has 0 radical (unpaired) electrons. The molecule has 3 rings (SSSR count). The average molecular weight is 311 g/mol. The number of aromatic nitrogens is 3. The van der Waals surface area contributed by atoms with Crippen LogP contribution in [0.15, 0.2) is 53.7 Å². The van der Waals surface area contributed by atoms with Gasteiger partial charge in [-0.2, -0.15) is 0 Å². The maximum absolute atomic E-state index is 5.67. The Kier molecular flexibility index (Phi) is 4.70. The lowest BCUT2D eigenvalue weighted by Gasteiger charge is -2.08. The molecule has 0 amide bonds. The van der Waals surface area contributed by atoms with Crippen LogP contribution in [0.25, 0.3) is 11.0 Å². The third-order valence-corrected chi connectivity index (χ3v) is 4.24. The summed E-state index contributed by atoms with van der Waals surface area (Å²) in [6, 6.07) is 14.1. The van der Waals surface area contributed by atoms with E-state index in [-0.39, 0.29) is 0 Å². The number of hydrogen-bond acceptors (Lipinski definition) is 6. The first-order chi connectivity index (χ1) is 10.8. The molecule has 2 heterocycles. The molecule has 1 aromatic carbocycles. The zero-order valence-corrected chi connectivity index (χ0v) is 12.9.